The Kier molecular flexibility index (Phi) is 1.71. The molecular formula is C7H15N2P. The summed E-state index contributed by atoms with van der Waals surface area (Å²) in [5.74, 6) is 1.84. The van der Waals surface area contributed by atoms with Gasteiger partial charge in [-0.3, -0.25) is 4.67 Å². The smallest absolute Gasteiger partial charge is 0.00830 e. The van der Waals surface area contributed by atoms with Gasteiger partial charge in [0, 0.05) is 19.1 Å². The third-order valence-corrected chi connectivity index (χ3v) is 3.29. The number of hydrogen-bond acceptors (Lipinski definition) is 2. The molecule has 2 nitrogen and oxygen atoms in total. The number of fused-ring (bicyclic) bond motifs is 1. The summed E-state index contributed by atoms with van der Waals surface area (Å²) in [4.78, 5) is 0. The second-order valence-corrected chi connectivity index (χ2v) is 4.31. The van der Waals surface area contributed by atoms with Crippen molar-refractivity contribution < 1.29 is 0 Å². The molecule has 4 atom stereocenters. The van der Waals surface area contributed by atoms with E-state index >= 15 is 0 Å². The highest BCUT2D eigenvalue weighted by atomic mass is 31.0. The number of rotatable bonds is 0. The van der Waals surface area contributed by atoms with Crippen LogP contribution in [0.15, 0.2) is 0 Å². The molecule has 0 bridgehead atoms. The van der Waals surface area contributed by atoms with Gasteiger partial charge in [-0.05, 0) is 25.3 Å². The summed E-state index contributed by atoms with van der Waals surface area (Å²) in [6.07, 6.45) is 0. The van der Waals surface area contributed by atoms with Crippen molar-refractivity contribution in [2.75, 3.05) is 19.6 Å². The molecule has 2 fully saturated rings. The summed E-state index contributed by atoms with van der Waals surface area (Å²) >= 11 is 0. The molecule has 0 aromatic heterocycles. The summed E-state index contributed by atoms with van der Waals surface area (Å²) in [6, 6.07) is 0.746. The van der Waals surface area contributed by atoms with Crippen LogP contribution >= 0.6 is 9.39 Å². The third kappa shape index (κ3) is 0.990. The molecule has 0 aromatic carbocycles. The summed E-state index contributed by atoms with van der Waals surface area (Å²) in [6.45, 7) is 6.07. The van der Waals surface area contributed by atoms with Gasteiger partial charge in [-0.25, -0.2) is 0 Å². The normalized spacial score (nSPS) is 48.0. The molecule has 0 saturated carbocycles. The Bertz CT molecular complexity index is 140. The molecular weight excluding hydrogens is 143 g/mol. The predicted molar refractivity (Wildman–Crippen MR) is 45.7 cm³/mol. The first-order chi connectivity index (χ1) is 4.77. The van der Waals surface area contributed by atoms with Crippen molar-refractivity contribution in [1.29, 1.82) is 0 Å². The highest BCUT2D eigenvalue weighted by Gasteiger charge is 2.38. The van der Waals surface area contributed by atoms with Gasteiger partial charge in [0.05, 0.1) is 0 Å². The Morgan fingerprint density at radius 2 is 2.30 bits per heavy atom. The maximum Gasteiger partial charge on any atom is 0.00830 e. The van der Waals surface area contributed by atoms with Crippen LogP contribution in [-0.2, 0) is 0 Å². The van der Waals surface area contributed by atoms with Crippen LogP contribution < -0.4 is 5.32 Å². The molecule has 2 heterocycles. The molecule has 2 aliphatic heterocycles. The minimum atomic E-state index is 0.746. The van der Waals surface area contributed by atoms with Crippen LogP contribution in [0.25, 0.3) is 0 Å². The van der Waals surface area contributed by atoms with Crippen LogP contribution in [0.5, 0.6) is 0 Å². The molecule has 2 rings (SSSR count). The van der Waals surface area contributed by atoms with Crippen LogP contribution in [0.3, 0.4) is 0 Å². The first-order valence-corrected chi connectivity index (χ1v) is 4.52. The van der Waals surface area contributed by atoms with Gasteiger partial charge < -0.3 is 5.32 Å². The van der Waals surface area contributed by atoms with E-state index in [0.29, 0.717) is 0 Å². The van der Waals surface area contributed by atoms with Crippen molar-refractivity contribution >= 4 is 9.39 Å². The average Bonchev–Trinajstić information content (AvgIpc) is 2.35. The molecule has 58 valence electrons. The first-order valence-electron chi connectivity index (χ1n) is 4.00. The second kappa shape index (κ2) is 2.44. The third-order valence-electron chi connectivity index (χ3n) is 2.86. The molecule has 0 aliphatic carbocycles. The molecule has 10 heavy (non-hydrogen) atoms. The Morgan fingerprint density at radius 3 is 3.00 bits per heavy atom. The summed E-state index contributed by atoms with van der Waals surface area (Å²) in [5.41, 5.74) is 0. The Morgan fingerprint density at radius 1 is 1.50 bits per heavy atom. The molecule has 2 aliphatic rings. The Balaban J connectivity index is 2.05. The lowest BCUT2D eigenvalue weighted by Crippen LogP contribution is -2.26. The molecule has 0 amide bonds. The molecule has 2 saturated heterocycles. The topological polar surface area (TPSA) is 15.3 Å². The zero-order valence-corrected chi connectivity index (χ0v) is 7.53. The second-order valence-electron chi connectivity index (χ2n) is 3.57. The molecule has 4 unspecified atom stereocenters. The number of nitrogens with one attached hydrogen (secondary N) is 1. The lowest BCUT2D eigenvalue weighted by Gasteiger charge is -2.13. The quantitative estimate of drug-likeness (QED) is 0.511. The van der Waals surface area contributed by atoms with Crippen LogP contribution in [0.4, 0.5) is 0 Å². The lowest BCUT2D eigenvalue weighted by atomic mass is 9.95. The van der Waals surface area contributed by atoms with Crippen LogP contribution in [0, 0.1) is 11.8 Å². The minimum absolute atomic E-state index is 0.746. The number of nitrogens with zero attached hydrogens (tertiary/aromatic N) is 1. The van der Waals surface area contributed by atoms with E-state index in [4.69, 9.17) is 0 Å². The van der Waals surface area contributed by atoms with Crippen molar-refractivity contribution in [3.63, 3.8) is 0 Å². The highest BCUT2D eigenvalue weighted by molar-refractivity contribution is 7.13. The fraction of sp³-hybridized carbons (Fsp3) is 1.00. The van der Waals surface area contributed by atoms with E-state index in [0.717, 1.165) is 17.9 Å². The van der Waals surface area contributed by atoms with Crippen molar-refractivity contribution in [3.05, 3.63) is 0 Å². The maximum absolute atomic E-state index is 3.51. The van der Waals surface area contributed by atoms with Gasteiger partial charge in [0.2, 0.25) is 0 Å². The van der Waals surface area contributed by atoms with E-state index in [2.05, 4.69) is 26.3 Å². The first kappa shape index (κ1) is 7.02. The summed E-state index contributed by atoms with van der Waals surface area (Å²) in [5, 5.41) is 3.51. The van der Waals surface area contributed by atoms with Gasteiger partial charge in [0.1, 0.15) is 0 Å². The summed E-state index contributed by atoms with van der Waals surface area (Å²) in [7, 11) is 2.80. The van der Waals surface area contributed by atoms with Crippen LogP contribution in [0.1, 0.15) is 6.92 Å². The van der Waals surface area contributed by atoms with E-state index in [9.17, 15) is 0 Å². The van der Waals surface area contributed by atoms with E-state index < -0.39 is 0 Å². The largest absolute Gasteiger partial charge is 0.314 e. The predicted octanol–water partition coefficient (Wildman–Crippen LogP) is 0.316. The van der Waals surface area contributed by atoms with Crippen LogP contribution in [-0.4, -0.2) is 30.3 Å². The Hall–Kier alpha value is 0.350. The monoisotopic (exact) mass is 158 g/mol. The Labute approximate surface area is 64.6 Å². The van der Waals surface area contributed by atoms with Crippen molar-refractivity contribution in [2.45, 2.75) is 13.0 Å². The standard InChI is InChI=1S/C7H15N2P/c1-5-7-4-9(10)3-6(7)2-8-5/h5-8H,2-4,10H2,1H3. The van der Waals surface area contributed by atoms with Gasteiger partial charge >= 0.3 is 0 Å². The fourth-order valence-corrected chi connectivity index (χ4v) is 2.72. The van der Waals surface area contributed by atoms with E-state index in [1.807, 2.05) is 0 Å². The van der Waals surface area contributed by atoms with Crippen molar-refractivity contribution in [3.8, 4) is 0 Å². The van der Waals surface area contributed by atoms with Gasteiger partial charge in [-0.15, -0.1) is 0 Å². The minimum Gasteiger partial charge on any atom is -0.314 e. The van der Waals surface area contributed by atoms with Crippen molar-refractivity contribution in [1.82, 2.24) is 9.99 Å². The zero-order chi connectivity index (χ0) is 7.14. The van der Waals surface area contributed by atoms with Gasteiger partial charge in [-0.1, -0.05) is 9.39 Å². The van der Waals surface area contributed by atoms with Crippen molar-refractivity contribution in [2.24, 2.45) is 11.8 Å². The van der Waals surface area contributed by atoms with E-state index in [1.54, 1.807) is 0 Å². The van der Waals surface area contributed by atoms with E-state index in [1.165, 1.54) is 19.6 Å². The average molecular weight is 158 g/mol. The zero-order valence-electron chi connectivity index (χ0n) is 6.38. The van der Waals surface area contributed by atoms with Crippen LogP contribution in [0.2, 0.25) is 0 Å². The number of hydrogen-bond donors (Lipinski definition) is 1. The van der Waals surface area contributed by atoms with Gasteiger partial charge in [-0.2, -0.15) is 0 Å². The lowest BCUT2D eigenvalue weighted by molar-refractivity contribution is 0.445. The molecule has 0 spiro atoms. The molecule has 0 aromatic rings. The SMILES string of the molecule is CC1NCC2CN(P)CC21. The van der Waals surface area contributed by atoms with Gasteiger partial charge in [0.25, 0.3) is 0 Å². The summed E-state index contributed by atoms with van der Waals surface area (Å²) < 4.78 is 2.37. The fourth-order valence-electron chi connectivity index (χ4n) is 2.20. The molecule has 1 N–H and O–H groups in total. The highest BCUT2D eigenvalue weighted by Crippen LogP contribution is 2.31. The van der Waals surface area contributed by atoms with Gasteiger partial charge in [0.15, 0.2) is 0 Å². The molecule has 0 radical (unpaired) electrons. The van der Waals surface area contributed by atoms with E-state index in [-0.39, 0.29) is 0 Å². The molecule has 3 heteroatoms. The maximum atomic E-state index is 3.51.